The standard InChI is InChI=1S/C17H19N3O4S2/c1-11-7-8-12(9-14(11)20-26(2,23)24)19-17(22)13-5-3-4-6-15(13)25-10-16(18)21/h3-9,20H,10H2,1-2H3,(H2,18,21)(H,19,22). The number of benzene rings is 2. The van der Waals surface area contributed by atoms with E-state index in [1.165, 1.54) is 11.8 Å². The second-order valence-electron chi connectivity index (χ2n) is 5.61. The number of nitrogens with one attached hydrogen (secondary N) is 2. The Kier molecular flexibility index (Phi) is 6.27. The van der Waals surface area contributed by atoms with Gasteiger partial charge in [-0.2, -0.15) is 0 Å². The molecule has 2 rings (SSSR count). The minimum atomic E-state index is -3.43. The summed E-state index contributed by atoms with van der Waals surface area (Å²) >= 11 is 1.18. The van der Waals surface area contributed by atoms with Crippen LogP contribution in [0.2, 0.25) is 0 Å². The largest absolute Gasteiger partial charge is 0.369 e. The van der Waals surface area contributed by atoms with Crippen LogP contribution in [0.5, 0.6) is 0 Å². The zero-order valence-corrected chi connectivity index (χ0v) is 15.9. The zero-order chi connectivity index (χ0) is 19.3. The van der Waals surface area contributed by atoms with Crippen molar-refractivity contribution in [3.05, 3.63) is 53.6 Å². The monoisotopic (exact) mass is 393 g/mol. The van der Waals surface area contributed by atoms with Gasteiger partial charge in [-0.3, -0.25) is 14.3 Å². The minimum Gasteiger partial charge on any atom is -0.369 e. The first kappa shape index (κ1) is 19.8. The number of hydrogen-bond acceptors (Lipinski definition) is 5. The van der Waals surface area contributed by atoms with Crippen molar-refractivity contribution < 1.29 is 18.0 Å². The molecule has 4 N–H and O–H groups in total. The van der Waals surface area contributed by atoms with Gasteiger partial charge < -0.3 is 11.1 Å². The van der Waals surface area contributed by atoms with Crippen molar-refractivity contribution in [3.63, 3.8) is 0 Å². The van der Waals surface area contributed by atoms with Gasteiger partial charge >= 0.3 is 0 Å². The summed E-state index contributed by atoms with van der Waals surface area (Å²) in [6, 6.07) is 11.8. The number of primary amides is 1. The summed E-state index contributed by atoms with van der Waals surface area (Å²) in [7, 11) is -3.43. The van der Waals surface area contributed by atoms with E-state index in [0.29, 0.717) is 21.8 Å². The van der Waals surface area contributed by atoms with Gasteiger partial charge in [-0.1, -0.05) is 18.2 Å². The SMILES string of the molecule is Cc1ccc(NC(=O)c2ccccc2SCC(N)=O)cc1NS(C)(=O)=O. The van der Waals surface area contributed by atoms with E-state index in [0.717, 1.165) is 11.8 Å². The van der Waals surface area contributed by atoms with E-state index >= 15 is 0 Å². The molecule has 0 bridgehead atoms. The van der Waals surface area contributed by atoms with Crippen LogP contribution in [0.15, 0.2) is 47.4 Å². The van der Waals surface area contributed by atoms with Crippen molar-refractivity contribution in [1.82, 2.24) is 0 Å². The summed E-state index contributed by atoms with van der Waals surface area (Å²) < 4.78 is 25.3. The molecule has 2 amide bonds. The molecule has 0 heterocycles. The Morgan fingerprint density at radius 2 is 1.85 bits per heavy atom. The molecule has 0 aliphatic rings. The second kappa shape index (κ2) is 8.24. The van der Waals surface area contributed by atoms with Crippen LogP contribution in [0.1, 0.15) is 15.9 Å². The first-order chi connectivity index (χ1) is 12.2. The molecule has 0 saturated heterocycles. The van der Waals surface area contributed by atoms with Crippen molar-refractivity contribution >= 4 is 45.0 Å². The molecule has 0 atom stereocenters. The Morgan fingerprint density at radius 3 is 2.50 bits per heavy atom. The first-order valence-electron chi connectivity index (χ1n) is 7.55. The van der Waals surface area contributed by atoms with Crippen molar-refractivity contribution in [1.29, 1.82) is 0 Å². The lowest BCUT2D eigenvalue weighted by Gasteiger charge is -2.12. The van der Waals surface area contributed by atoms with Gasteiger partial charge in [0.05, 0.1) is 23.3 Å². The van der Waals surface area contributed by atoms with Crippen molar-refractivity contribution in [2.75, 3.05) is 22.0 Å². The summed E-state index contributed by atoms with van der Waals surface area (Å²) in [6.07, 6.45) is 1.06. The number of carbonyl (C=O) groups excluding carboxylic acids is 2. The predicted octanol–water partition coefficient (Wildman–Crippen LogP) is 2.20. The van der Waals surface area contributed by atoms with Crippen LogP contribution in [0.3, 0.4) is 0 Å². The van der Waals surface area contributed by atoms with E-state index in [4.69, 9.17) is 5.73 Å². The van der Waals surface area contributed by atoms with Crippen LogP contribution < -0.4 is 15.8 Å². The topological polar surface area (TPSA) is 118 Å². The molecular weight excluding hydrogens is 374 g/mol. The lowest BCUT2D eigenvalue weighted by atomic mass is 10.1. The molecule has 0 unspecified atom stereocenters. The van der Waals surface area contributed by atoms with Gasteiger partial charge in [0, 0.05) is 10.6 Å². The number of thioether (sulfide) groups is 1. The maximum Gasteiger partial charge on any atom is 0.256 e. The van der Waals surface area contributed by atoms with Crippen molar-refractivity contribution in [2.24, 2.45) is 5.73 Å². The predicted molar refractivity (Wildman–Crippen MR) is 104 cm³/mol. The molecule has 26 heavy (non-hydrogen) atoms. The maximum atomic E-state index is 12.6. The van der Waals surface area contributed by atoms with Gasteiger partial charge in [0.25, 0.3) is 5.91 Å². The van der Waals surface area contributed by atoms with Gasteiger partial charge in [-0.15, -0.1) is 11.8 Å². The molecule has 0 spiro atoms. The number of aryl methyl sites for hydroxylation is 1. The number of carbonyl (C=O) groups is 2. The molecule has 0 aromatic heterocycles. The summed E-state index contributed by atoms with van der Waals surface area (Å²) in [6.45, 7) is 1.76. The summed E-state index contributed by atoms with van der Waals surface area (Å²) in [4.78, 5) is 24.2. The minimum absolute atomic E-state index is 0.0667. The fourth-order valence-corrected chi connectivity index (χ4v) is 3.55. The molecule has 9 heteroatoms. The molecule has 0 saturated carbocycles. The van der Waals surface area contributed by atoms with E-state index in [2.05, 4.69) is 10.0 Å². The van der Waals surface area contributed by atoms with E-state index in [9.17, 15) is 18.0 Å². The Labute approximate surface area is 156 Å². The lowest BCUT2D eigenvalue weighted by Crippen LogP contribution is -2.16. The number of hydrogen-bond donors (Lipinski definition) is 3. The molecule has 7 nitrogen and oxygen atoms in total. The van der Waals surface area contributed by atoms with Gasteiger partial charge in [-0.25, -0.2) is 8.42 Å². The Bertz CT molecular complexity index is 943. The highest BCUT2D eigenvalue weighted by atomic mass is 32.2. The quantitative estimate of drug-likeness (QED) is 0.623. The van der Waals surface area contributed by atoms with E-state index < -0.39 is 15.9 Å². The third-order valence-corrected chi connectivity index (χ3v) is 4.98. The summed E-state index contributed by atoms with van der Waals surface area (Å²) in [5.41, 5.74) is 7.12. The number of sulfonamides is 1. The first-order valence-corrected chi connectivity index (χ1v) is 10.4. The van der Waals surface area contributed by atoms with Crippen LogP contribution >= 0.6 is 11.8 Å². The van der Waals surface area contributed by atoms with Crippen molar-refractivity contribution in [3.8, 4) is 0 Å². The third-order valence-electron chi connectivity index (χ3n) is 3.29. The highest BCUT2D eigenvalue weighted by molar-refractivity contribution is 8.00. The highest BCUT2D eigenvalue weighted by Gasteiger charge is 2.13. The van der Waals surface area contributed by atoms with Gasteiger partial charge in [0.2, 0.25) is 15.9 Å². The molecular formula is C17H19N3O4S2. The number of anilines is 2. The van der Waals surface area contributed by atoms with Gasteiger partial charge in [0.1, 0.15) is 0 Å². The fourth-order valence-electron chi connectivity index (χ4n) is 2.14. The molecule has 0 radical (unpaired) electrons. The fraction of sp³-hybridized carbons (Fsp3) is 0.176. The number of rotatable bonds is 7. The maximum absolute atomic E-state index is 12.6. The molecule has 2 aromatic rings. The third kappa shape index (κ3) is 5.78. The molecule has 0 fully saturated rings. The molecule has 0 aliphatic heterocycles. The summed E-state index contributed by atoms with van der Waals surface area (Å²) in [5.74, 6) is -0.774. The van der Waals surface area contributed by atoms with E-state index in [-0.39, 0.29) is 11.7 Å². The van der Waals surface area contributed by atoms with Gasteiger partial charge in [0.15, 0.2) is 0 Å². The summed E-state index contributed by atoms with van der Waals surface area (Å²) in [5, 5.41) is 2.74. The molecule has 138 valence electrons. The number of amides is 2. The highest BCUT2D eigenvalue weighted by Crippen LogP contribution is 2.25. The molecule has 0 aliphatic carbocycles. The smallest absolute Gasteiger partial charge is 0.256 e. The van der Waals surface area contributed by atoms with E-state index in [1.807, 2.05) is 0 Å². The van der Waals surface area contributed by atoms with E-state index in [1.54, 1.807) is 49.4 Å². The van der Waals surface area contributed by atoms with Crippen LogP contribution in [0.4, 0.5) is 11.4 Å². The average Bonchev–Trinajstić information content (AvgIpc) is 2.55. The zero-order valence-electron chi connectivity index (χ0n) is 14.3. The average molecular weight is 393 g/mol. The Morgan fingerprint density at radius 1 is 1.15 bits per heavy atom. The second-order valence-corrected chi connectivity index (χ2v) is 8.37. The lowest BCUT2D eigenvalue weighted by molar-refractivity contribution is -0.115. The van der Waals surface area contributed by atoms with Crippen LogP contribution in [0.25, 0.3) is 0 Å². The van der Waals surface area contributed by atoms with Crippen LogP contribution in [-0.2, 0) is 14.8 Å². The van der Waals surface area contributed by atoms with Gasteiger partial charge in [-0.05, 0) is 36.8 Å². The molecule has 2 aromatic carbocycles. The normalized spacial score (nSPS) is 11.0. The van der Waals surface area contributed by atoms with Crippen LogP contribution in [-0.4, -0.2) is 32.2 Å². The Balaban J connectivity index is 2.23. The Hall–Kier alpha value is -2.52. The van der Waals surface area contributed by atoms with Crippen LogP contribution in [0, 0.1) is 6.92 Å². The van der Waals surface area contributed by atoms with Crippen molar-refractivity contribution in [2.45, 2.75) is 11.8 Å². The number of nitrogens with two attached hydrogens (primary N) is 1.